The average Bonchev–Trinajstić information content (AvgIpc) is 3.27. The number of hydrogen-bond donors (Lipinski definition) is 13. The second-order valence-electron chi connectivity index (χ2n) is 15.4. The summed E-state index contributed by atoms with van der Waals surface area (Å²) in [5, 5.41) is 136. The molecule has 7 rings (SSSR count). The molecule has 0 bridgehead atoms. The zero-order valence-electron chi connectivity index (χ0n) is 33.8. The Labute approximate surface area is 365 Å². The van der Waals surface area contributed by atoms with Crippen LogP contribution in [0, 0.1) is 0 Å². The Hall–Kier alpha value is -5.64. The number of phenols is 5. The highest BCUT2D eigenvalue weighted by Crippen LogP contribution is 2.40. The molecule has 0 radical (unpaired) electrons. The number of aromatic hydroxyl groups is 5. The highest BCUT2D eigenvalue weighted by atomic mass is 16.8. The fraction of sp³-hybridized carbons (Fsp3) is 0.429. The summed E-state index contributed by atoms with van der Waals surface area (Å²) in [6, 6.07) is 10.5. The fourth-order valence-electron chi connectivity index (χ4n) is 7.35. The summed E-state index contributed by atoms with van der Waals surface area (Å²) in [5.74, 6) is -5.32. The molecule has 23 nitrogen and oxygen atoms in total. The Kier molecular flexibility index (Phi) is 14.2. The van der Waals surface area contributed by atoms with Gasteiger partial charge in [-0.1, -0.05) is 12.1 Å². The molecular weight excluding hydrogens is 872 g/mol. The van der Waals surface area contributed by atoms with Gasteiger partial charge in [-0.05, 0) is 48.9 Å². The first-order valence-corrected chi connectivity index (χ1v) is 19.9. The van der Waals surface area contributed by atoms with E-state index in [9.17, 15) is 76.0 Å². The summed E-state index contributed by atoms with van der Waals surface area (Å²) >= 11 is 0. The second-order valence-corrected chi connectivity index (χ2v) is 15.4. The molecule has 15 atom stereocenters. The summed E-state index contributed by atoms with van der Waals surface area (Å²) < 4.78 is 46.7. The standard InChI is InChI=1S/C42H46O23/c1-15-28(50)32(54)34(56)40(59-15)58-14-25-30(52)37(64-41-35(57)33(55)29(51)24(13-43)61-41)39(63-26(49)9-4-16-2-6-18(44)7-3-16)42(62-25)65-38-31(53)27-22(48)11-19(45)12-23(27)60-36(38)17-5-8-20(46)21(47)10-17/h2-12,15,24-25,28-30,32-35,37,39-48,50-52,54-57H,13-14H2,1H3/b9-4+/t15-,24+,25+,28-,29+,30+,32+,33-,34+,35+,37-,39+,40+,41-,42-/m0/s1. The SMILES string of the molecule is C[C@@H]1O[C@@H](OC[C@H]2O[C@@H](Oc3c(-c4ccc(O)c(O)c4)oc4cc(O)cc(O)c4c3=O)[C@H](OC(=O)/C=C/c3ccc(O)cc3)[C@@H](O[C@@H]3O[C@H](CO)[C@@H](O)[C@H](O)[C@H]3O)[C@@H]2O)[C@H](O)[C@H](O)[C@H]1O. The highest BCUT2D eigenvalue weighted by Gasteiger charge is 2.54. The Morgan fingerprint density at radius 1 is 0.677 bits per heavy atom. The maximum Gasteiger partial charge on any atom is 0.331 e. The summed E-state index contributed by atoms with van der Waals surface area (Å²) in [7, 11) is 0. The van der Waals surface area contributed by atoms with Crippen molar-refractivity contribution in [2.45, 2.75) is 99.0 Å². The largest absolute Gasteiger partial charge is 0.508 e. The van der Waals surface area contributed by atoms with E-state index in [1.165, 1.54) is 43.3 Å². The number of hydrogen-bond acceptors (Lipinski definition) is 23. The zero-order chi connectivity index (χ0) is 47.0. The molecule has 4 aromatic rings. The Morgan fingerprint density at radius 2 is 1.35 bits per heavy atom. The van der Waals surface area contributed by atoms with Gasteiger partial charge in [0, 0.05) is 23.8 Å². The molecule has 0 aliphatic carbocycles. The molecule has 0 saturated carbocycles. The maximum atomic E-state index is 14.4. The van der Waals surface area contributed by atoms with Crippen LogP contribution in [-0.2, 0) is 33.2 Å². The molecule has 1 aromatic heterocycles. The minimum atomic E-state index is -2.18. The van der Waals surface area contributed by atoms with Crippen molar-refractivity contribution < 1.29 is 109 Å². The minimum absolute atomic E-state index is 0.0807. The molecule has 65 heavy (non-hydrogen) atoms. The number of carbonyl (C=O) groups excluding carboxylic acids is 1. The lowest BCUT2D eigenvalue weighted by atomic mass is 9.96. The molecule has 13 N–H and O–H groups in total. The topological polar surface area (TPSA) is 375 Å². The molecule has 352 valence electrons. The van der Waals surface area contributed by atoms with E-state index in [0.29, 0.717) is 5.56 Å². The highest BCUT2D eigenvalue weighted by molar-refractivity contribution is 5.89. The molecule has 3 aliphatic rings. The molecule has 0 amide bonds. The van der Waals surface area contributed by atoms with E-state index in [1.807, 2.05) is 0 Å². The van der Waals surface area contributed by atoms with Gasteiger partial charge in [0.25, 0.3) is 0 Å². The molecule has 0 spiro atoms. The predicted octanol–water partition coefficient (Wildman–Crippen LogP) is -1.89. The zero-order valence-corrected chi connectivity index (χ0v) is 33.8. The summed E-state index contributed by atoms with van der Waals surface area (Å²) in [4.78, 5) is 28.1. The van der Waals surface area contributed by atoms with Crippen LogP contribution in [0.1, 0.15) is 12.5 Å². The van der Waals surface area contributed by atoms with Gasteiger partial charge in [-0.25, -0.2) is 4.79 Å². The maximum absolute atomic E-state index is 14.4. The smallest absolute Gasteiger partial charge is 0.331 e. The van der Waals surface area contributed by atoms with Gasteiger partial charge < -0.3 is 104 Å². The van der Waals surface area contributed by atoms with E-state index in [2.05, 4.69) is 0 Å². The number of carbonyl (C=O) groups is 1. The minimum Gasteiger partial charge on any atom is -0.508 e. The lowest BCUT2D eigenvalue weighted by molar-refractivity contribution is -0.358. The molecule has 3 aliphatic heterocycles. The quantitative estimate of drug-likeness (QED) is 0.0419. The lowest BCUT2D eigenvalue weighted by Crippen LogP contribution is -2.66. The van der Waals surface area contributed by atoms with Crippen molar-refractivity contribution in [3.8, 4) is 45.8 Å². The predicted molar refractivity (Wildman–Crippen MR) is 214 cm³/mol. The van der Waals surface area contributed by atoms with Crippen LogP contribution >= 0.6 is 0 Å². The number of aliphatic hydroxyl groups excluding tert-OH is 8. The number of aliphatic hydroxyl groups is 8. The van der Waals surface area contributed by atoms with Crippen LogP contribution in [0.3, 0.4) is 0 Å². The summed E-state index contributed by atoms with van der Waals surface area (Å²) in [6.07, 6.45) is -25.5. The molecular formula is C42H46O23. The number of ether oxygens (including phenoxy) is 7. The monoisotopic (exact) mass is 918 g/mol. The van der Waals surface area contributed by atoms with Crippen molar-refractivity contribution in [2.24, 2.45) is 0 Å². The second kappa shape index (κ2) is 19.4. The van der Waals surface area contributed by atoms with Crippen molar-refractivity contribution in [3.63, 3.8) is 0 Å². The Balaban J connectivity index is 1.34. The van der Waals surface area contributed by atoms with Crippen molar-refractivity contribution in [2.75, 3.05) is 13.2 Å². The molecule has 3 saturated heterocycles. The van der Waals surface area contributed by atoms with E-state index in [0.717, 1.165) is 30.3 Å². The van der Waals surface area contributed by atoms with Gasteiger partial charge in [0.15, 0.2) is 35.9 Å². The number of benzene rings is 3. The third-order valence-electron chi connectivity index (χ3n) is 10.9. The van der Waals surface area contributed by atoms with Gasteiger partial charge in [-0.2, -0.15) is 0 Å². The number of fused-ring (bicyclic) bond motifs is 1. The van der Waals surface area contributed by atoms with Crippen LogP contribution in [0.4, 0.5) is 0 Å². The molecule has 3 fully saturated rings. The van der Waals surface area contributed by atoms with E-state index in [1.54, 1.807) is 0 Å². The van der Waals surface area contributed by atoms with Crippen molar-refractivity contribution in [1.82, 2.24) is 0 Å². The Bertz CT molecular complexity index is 2400. The Morgan fingerprint density at radius 3 is 2.05 bits per heavy atom. The van der Waals surface area contributed by atoms with Crippen LogP contribution in [-0.4, -0.2) is 178 Å². The van der Waals surface area contributed by atoms with Crippen LogP contribution in [0.2, 0.25) is 0 Å². The third-order valence-corrected chi connectivity index (χ3v) is 10.9. The normalized spacial score (nSPS) is 33.0. The van der Waals surface area contributed by atoms with Gasteiger partial charge >= 0.3 is 5.97 Å². The molecule has 23 heteroatoms. The van der Waals surface area contributed by atoms with Crippen molar-refractivity contribution >= 4 is 23.0 Å². The number of esters is 1. The lowest BCUT2D eigenvalue weighted by Gasteiger charge is -2.47. The average molecular weight is 919 g/mol. The van der Waals surface area contributed by atoms with Crippen molar-refractivity contribution in [1.29, 1.82) is 0 Å². The molecule has 3 aromatic carbocycles. The van der Waals surface area contributed by atoms with Gasteiger partial charge in [-0.3, -0.25) is 4.79 Å². The summed E-state index contributed by atoms with van der Waals surface area (Å²) in [6.45, 7) is -0.366. The van der Waals surface area contributed by atoms with Crippen LogP contribution in [0.25, 0.3) is 28.4 Å². The van der Waals surface area contributed by atoms with Gasteiger partial charge in [0.2, 0.25) is 17.5 Å². The van der Waals surface area contributed by atoms with E-state index >= 15 is 0 Å². The first-order valence-electron chi connectivity index (χ1n) is 19.9. The molecule has 4 heterocycles. The van der Waals surface area contributed by atoms with Crippen LogP contribution < -0.4 is 10.2 Å². The van der Waals surface area contributed by atoms with Crippen molar-refractivity contribution in [3.05, 3.63) is 76.5 Å². The van der Waals surface area contributed by atoms with Gasteiger partial charge in [0.1, 0.15) is 89.3 Å². The van der Waals surface area contributed by atoms with E-state index < -0.39 is 162 Å². The van der Waals surface area contributed by atoms with Gasteiger partial charge in [-0.15, -0.1) is 0 Å². The van der Waals surface area contributed by atoms with Crippen LogP contribution in [0.15, 0.2) is 69.9 Å². The number of phenolic OH excluding ortho intramolecular Hbond substituents is 5. The van der Waals surface area contributed by atoms with Gasteiger partial charge in [0.05, 0.1) is 19.3 Å². The number of rotatable bonds is 12. The van der Waals surface area contributed by atoms with E-state index in [-0.39, 0.29) is 11.3 Å². The van der Waals surface area contributed by atoms with E-state index in [4.69, 9.17) is 37.6 Å². The summed E-state index contributed by atoms with van der Waals surface area (Å²) in [5.41, 5.74) is -1.35. The van der Waals surface area contributed by atoms with Crippen LogP contribution in [0.5, 0.6) is 34.5 Å². The third kappa shape index (κ3) is 9.83. The fourth-order valence-corrected chi connectivity index (χ4v) is 7.35. The first-order chi connectivity index (χ1) is 30.9. The first kappa shape index (κ1) is 47.3. The molecule has 0 unspecified atom stereocenters.